The highest BCUT2D eigenvalue weighted by Gasteiger charge is 2.42. The lowest BCUT2D eigenvalue weighted by molar-refractivity contribution is -0.141. The van der Waals surface area contributed by atoms with Crippen LogP contribution in [0, 0.1) is 17.3 Å². The molecule has 0 spiro atoms. The summed E-state index contributed by atoms with van der Waals surface area (Å²) in [7, 11) is 3.29. The molecule has 21 heteroatoms. The number of carbonyl (C=O) groups is 9. The van der Waals surface area contributed by atoms with E-state index in [1.165, 1.54) is 11.8 Å². The van der Waals surface area contributed by atoms with Crippen molar-refractivity contribution in [1.29, 1.82) is 0 Å². The van der Waals surface area contributed by atoms with Gasteiger partial charge in [-0.25, -0.2) is 14.4 Å². The maximum atomic E-state index is 14.1. The van der Waals surface area contributed by atoms with Gasteiger partial charge in [-0.3, -0.25) is 28.8 Å². The maximum Gasteiger partial charge on any atom is 0.407 e. The molecule has 4 rings (SSSR count). The van der Waals surface area contributed by atoms with Gasteiger partial charge in [0.05, 0.1) is 24.3 Å². The van der Waals surface area contributed by atoms with Gasteiger partial charge in [-0.15, -0.1) is 0 Å². The van der Waals surface area contributed by atoms with E-state index in [1.807, 2.05) is 128 Å². The minimum absolute atomic E-state index is 0.0902. The van der Waals surface area contributed by atoms with E-state index in [1.54, 1.807) is 69.3 Å². The van der Waals surface area contributed by atoms with Gasteiger partial charge in [0, 0.05) is 49.7 Å². The van der Waals surface area contributed by atoms with Crippen molar-refractivity contribution in [3.63, 3.8) is 0 Å². The molecule has 4 aromatic rings. The fourth-order valence-electron chi connectivity index (χ4n) is 10.3. The number of hydrogen-bond acceptors (Lipinski definition) is 11. The summed E-state index contributed by atoms with van der Waals surface area (Å²) in [6, 6.07) is 24.0. The number of carboxylic acids is 1. The van der Waals surface area contributed by atoms with Crippen molar-refractivity contribution in [3.05, 3.63) is 149 Å². The van der Waals surface area contributed by atoms with Crippen LogP contribution in [0.2, 0.25) is 0 Å². The van der Waals surface area contributed by atoms with Crippen molar-refractivity contribution in [2.24, 2.45) is 23.0 Å². The van der Waals surface area contributed by atoms with E-state index < -0.39 is 88.7 Å². The molecule has 0 aliphatic carbocycles. The number of aliphatic carboxylic acids is 1. The molecule has 0 aliphatic rings. The third-order valence-corrected chi connectivity index (χ3v) is 15.6. The first-order chi connectivity index (χ1) is 41.9. The van der Waals surface area contributed by atoms with Crippen LogP contribution in [0.25, 0.3) is 6.08 Å². The van der Waals surface area contributed by atoms with Crippen LogP contribution in [0.3, 0.4) is 0 Å². The summed E-state index contributed by atoms with van der Waals surface area (Å²) in [4.78, 5) is 123. The SMILES string of the molecule is C=Cc1ccccc1N(Cc1ccccc1CC)C(=O)CCC(=O)N[C@H](C(=O)N[C@@H](CCCNC(N)=O)C(=O)Nc1ccc(COC(=O)NCc2ccc(C(C)(C)[C@@H](NC)C(=O)N[C@H](C(=O)N(C)[C@H](/C=C(\C)C(=O)O)C(C)C)C(C)(C)C)cc2)cc1)C(C)C. The minimum atomic E-state index is -1.11. The maximum absolute atomic E-state index is 14.1. The Hall–Kier alpha value is -8.85. The number of amides is 9. The summed E-state index contributed by atoms with van der Waals surface area (Å²) in [5.74, 6) is -4.38. The van der Waals surface area contributed by atoms with Gasteiger partial charge in [-0.2, -0.15) is 0 Å². The fraction of sp³-hybridized carbons (Fsp3) is 0.456. The van der Waals surface area contributed by atoms with E-state index in [0.29, 0.717) is 16.9 Å². The van der Waals surface area contributed by atoms with E-state index in [0.717, 1.165) is 34.2 Å². The second-order valence-electron chi connectivity index (χ2n) is 24.6. The van der Waals surface area contributed by atoms with Gasteiger partial charge in [0.2, 0.25) is 35.4 Å². The molecule has 0 saturated carbocycles. The molecule has 0 fully saturated rings. The molecule has 0 aliphatic heterocycles. The van der Waals surface area contributed by atoms with Crippen LogP contribution in [0.5, 0.6) is 0 Å². The number of hydrogen-bond donors (Lipinski definition) is 9. The zero-order chi connectivity index (χ0) is 66.3. The number of primary amides is 1. The van der Waals surface area contributed by atoms with Crippen molar-refractivity contribution in [2.75, 3.05) is 30.9 Å². The van der Waals surface area contributed by atoms with E-state index in [2.05, 4.69) is 43.8 Å². The van der Waals surface area contributed by atoms with Gasteiger partial charge in [0.1, 0.15) is 24.7 Å². The Balaban J connectivity index is 1.35. The summed E-state index contributed by atoms with van der Waals surface area (Å²) in [6.45, 7) is 24.6. The molecule has 0 radical (unpaired) electrons. The second-order valence-corrected chi connectivity index (χ2v) is 24.6. The van der Waals surface area contributed by atoms with Gasteiger partial charge in [0.25, 0.3) is 0 Å². The van der Waals surface area contributed by atoms with Crippen molar-refractivity contribution in [2.45, 2.75) is 164 Å². The monoisotopic (exact) mass is 1230 g/mol. The average Bonchev–Trinajstić information content (AvgIpc) is 1.44. The van der Waals surface area contributed by atoms with Crippen molar-refractivity contribution < 1.29 is 53.0 Å². The lowest BCUT2D eigenvalue weighted by Crippen LogP contribution is -2.61. The number of benzene rings is 4. The number of aryl methyl sites for hydroxylation is 1. The normalized spacial score (nSPS) is 13.4. The standard InChI is InChI=1S/C68H94N10O11/c1-15-47-22-17-18-24-49(47)40-78(53-26-20-19-23-48(53)16-2)56(80)36-35-55(79)75-57(43(5)6)61(82)74-52(25-21-37-71-65(69)87)60(81)73-51-33-29-46(30-34-51)41-89-66(88)72-39-45-27-31-50(32-28-45)68(11,12)58(70-13)62(83)76-59(67(8,9)10)63(84)77(14)54(42(3)4)38-44(7)64(85)86/h16-20,22-24,26-34,38,42-43,52,54,57-59,70H,2,15,21,25,35-37,39-41H2,1,3-14H3,(H,72,88)(H,73,81)(H,74,82)(H,75,79)(H,76,83)(H,85,86)(H3,69,71,87)/b44-38+/t52-,54+,57-,58-,59+/m0/s1. The van der Waals surface area contributed by atoms with Crippen molar-refractivity contribution in [3.8, 4) is 0 Å². The lowest BCUT2D eigenvalue weighted by Gasteiger charge is -2.40. The van der Waals surface area contributed by atoms with Crippen LogP contribution >= 0.6 is 0 Å². The lowest BCUT2D eigenvalue weighted by atomic mass is 9.76. The Kier molecular flexibility index (Phi) is 27.8. The highest BCUT2D eigenvalue weighted by atomic mass is 16.5. The number of para-hydroxylation sites is 1. The van der Waals surface area contributed by atoms with Crippen LogP contribution in [0.15, 0.2) is 115 Å². The molecule has 0 aromatic heterocycles. The first kappa shape index (κ1) is 72.6. The molecule has 4 aromatic carbocycles. The summed E-state index contributed by atoms with van der Waals surface area (Å²) in [5.41, 5.74) is 9.90. The molecule has 0 heterocycles. The highest BCUT2D eigenvalue weighted by Crippen LogP contribution is 2.31. The number of urea groups is 1. The summed E-state index contributed by atoms with van der Waals surface area (Å²) < 4.78 is 5.49. The third kappa shape index (κ3) is 21.8. The number of nitrogens with zero attached hydrogens (tertiary/aromatic N) is 2. The van der Waals surface area contributed by atoms with Gasteiger partial charge in [0.15, 0.2) is 0 Å². The molecule has 89 heavy (non-hydrogen) atoms. The van der Waals surface area contributed by atoms with Crippen LogP contribution in [0.1, 0.15) is 135 Å². The summed E-state index contributed by atoms with van der Waals surface area (Å²) in [6.07, 6.45) is 3.30. The Morgan fingerprint density at radius 1 is 0.730 bits per heavy atom. The smallest absolute Gasteiger partial charge is 0.407 e. The first-order valence-corrected chi connectivity index (χ1v) is 30.2. The third-order valence-electron chi connectivity index (χ3n) is 15.6. The van der Waals surface area contributed by atoms with Crippen LogP contribution in [-0.4, -0.2) is 114 Å². The Bertz CT molecular complexity index is 3130. The molecular formula is C68H94N10O11. The molecular weight excluding hydrogens is 1130 g/mol. The Morgan fingerprint density at radius 3 is 1.92 bits per heavy atom. The number of ether oxygens (including phenoxy) is 1. The van der Waals surface area contributed by atoms with E-state index in [9.17, 15) is 48.3 Å². The van der Waals surface area contributed by atoms with E-state index in [-0.39, 0.29) is 75.2 Å². The Morgan fingerprint density at radius 2 is 1.35 bits per heavy atom. The number of nitrogens with two attached hydrogens (primary N) is 1. The van der Waals surface area contributed by atoms with Crippen LogP contribution in [-0.2, 0) is 69.8 Å². The summed E-state index contributed by atoms with van der Waals surface area (Å²) in [5, 5.41) is 29.3. The molecule has 10 N–H and O–H groups in total. The second kappa shape index (κ2) is 34.1. The molecule has 21 nitrogen and oxygen atoms in total. The summed E-state index contributed by atoms with van der Waals surface area (Å²) >= 11 is 0. The van der Waals surface area contributed by atoms with Gasteiger partial charge >= 0.3 is 18.1 Å². The topological polar surface area (TPSA) is 300 Å². The number of carboxylic acid groups (broad SMARTS) is 1. The number of rotatable bonds is 32. The van der Waals surface area contributed by atoms with Gasteiger partial charge < -0.3 is 62.6 Å². The molecule has 482 valence electrons. The average molecular weight is 1230 g/mol. The number of carbonyl (C=O) groups excluding carboxylic acids is 8. The quantitative estimate of drug-likeness (QED) is 0.0165. The largest absolute Gasteiger partial charge is 0.478 e. The molecule has 9 amide bonds. The number of alkyl carbamates (subject to hydrolysis) is 1. The molecule has 0 saturated heterocycles. The molecule has 5 atom stereocenters. The number of anilines is 2. The molecule has 0 bridgehead atoms. The Labute approximate surface area is 524 Å². The van der Waals surface area contributed by atoms with Crippen LogP contribution < -0.4 is 47.9 Å². The van der Waals surface area contributed by atoms with Crippen LogP contribution in [0.4, 0.5) is 21.0 Å². The fourth-order valence-corrected chi connectivity index (χ4v) is 10.3. The minimum Gasteiger partial charge on any atom is -0.478 e. The first-order valence-electron chi connectivity index (χ1n) is 30.2. The zero-order valence-electron chi connectivity index (χ0n) is 54.0. The van der Waals surface area contributed by atoms with Gasteiger partial charge in [-0.05, 0) is 102 Å². The molecule has 0 unspecified atom stereocenters. The zero-order valence-corrected chi connectivity index (χ0v) is 54.0. The van der Waals surface area contributed by atoms with E-state index in [4.69, 9.17) is 10.5 Å². The highest BCUT2D eigenvalue weighted by molar-refractivity contribution is 6.00. The number of likely N-dealkylation sites (N-methyl/N-ethyl adjacent to an activating group) is 2. The van der Waals surface area contributed by atoms with E-state index >= 15 is 0 Å². The number of nitrogens with one attached hydrogen (secondary N) is 7. The predicted molar refractivity (Wildman–Crippen MR) is 347 cm³/mol. The van der Waals surface area contributed by atoms with Crippen molar-refractivity contribution in [1.82, 2.24) is 36.8 Å². The van der Waals surface area contributed by atoms with Crippen molar-refractivity contribution >= 4 is 71.0 Å². The predicted octanol–water partition coefficient (Wildman–Crippen LogP) is 8.26. The van der Waals surface area contributed by atoms with Gasteiger partial charge in [-0.1, -0.05) is 167 Å².